The quantitative estimate of drug-likeness (QED) is 0.0543. The average molecular weight is 775 g/mol. The summed E-state index contributed by atoms with van der Waals surface area (Å²) in [5.41, 5.74) is 1.46. The minimum atomic E-state index is -0.316. The highest BCUT2D eigenvalue weighted by Gasteiger charge is 2.19. The topological polar surface area (TPSA) is 64.0 Å². The van der Waals surface area contributed by atoms with E-state index in [0.717, 1.165) is 95.2 Å². The summed E-state index contributed by atoms with van der Waals surface area (Å²) in [4.78, 5) is 30.0. The van der Waals surface area contributed by atoms with Crippen molar-refractivity contribution in [2.24, 2.45) is 0 Å². The van der Waals surface area contributed by atoms with E-state index < -0.39 is 0 Å². The molecule has 0 bridgehead atoms. The van der Waals surface area contributed by atoms with Gasteiger partial charge in [-0.15, -0.1) is 0 Å². The zero-order valence-corrected chi connectivity index (χ0v) is 33.4. The molecule has 0 saturated carbocycles. The van der Waals surface area contributed by atoms with Crippen LogP contribution in [0, 0.1) is 0 Å². The van der Waals surface area contributed by atoms with E-state index in [4.69, 9.17) is 32.7 Å². The lowest BCUT2D eigenvalue weighted by Gasteiger charge is -2.36. The summed E-state index contributed by atoms with van der Waals surface area (Å²) in [6.07, 6.45) is 31.7. The van der Waals surface area contributed by atoms with Crippen LogP contribution in [0.2, 0.25) is 10.0 Å². The van der Waals surface area contributed by atoms with Crippen molar-refractivity contribution in [1.29, 1.82) is 0 Å². The SMILES string of the molecule is CCC/C=C\C/C=C\C/C=C\C/C=C\C/C=C\CCCC(=O)OCn1c(=O)ccc2ccc(OCCCCN3CCN(c4cccc(Cl)c4Cl)CC3)cc21. The standard InChI is InChI=1S/C45H57Cl2N3O4/c1-2-3-4-5-6-7-8-9-10-11-12-13-14-15-16-17-18-19-25-44(52)54-37-50-42-36-39(28-26-38(42)27-29-43(50)51)53-35-21-20-30-48-31-33-49(34-32-48)41-24-22-23-40(46)45(41)47/h4-5,7-8,10-11,13-14,16-17,22-24,26-29,36H,2-3,6,9,12,15,18-21,25,30-35,37H2,1H3/b5-4-,8-7-,11-10-,14-13-,17-16-. The summed E-state index contributed by atoms with van der Waals surface area (Å²) in [5, 5.41) is 2.09. The van der Waals surface area contributed by atoms with Crippen LogP contribution in [0.1, 0.15) is 77.6 Å². The van der Waals surface area contributed by atoms with Crippen LogP contribution in [0.15, 0.2) is 114 Å². The number of carbonyl (C=O) groups is 1. The third-order valence-corrected chi connectivity index (χ3v) is 10.0. The predicted molar refractivity (Wildman–Crippen MR) is 227 cm³/mol. The summed E-state index contributed by atoms with van der Waals surface area (Å²) in [6.45, 7) is 7.42. The number of rotatable bonds is 23. The fourth-order valence-electron chi connectivity index (χ4n) is 6.13. The number of fused-ring (bicyclic) bond motifs is 1. The van der Waals surface area contributed by atoms with Gasteiger partial charge in [-0.1, -0.05) is 103 Å². The van der Waals surface area contributed by atoms with Crippen molar-refractivity contribution in [2.75, 3.05) is 44.2 Å². The number of aromatic nitrogens is 1. The Morgan fingerprint density at radius 2 is 1.41 bits per heavy atom. The summed E-state index contributed by atoms with van der Waals surface area (Å²) >= 11 is 12.6. The Balaban J connectivity index is 1.08. The summed E-state index contributed by atoms with van der Waals surface area (Å²) < 4.78 is 13.1. The maximum atomic E-state index is 12.8. The summed E-state index contributed by atoms with van der Waals surface area (Å²) in [5.74, 6) is 0.372. The first-order valence-electron chi connectivity index (χ1n) is 19.5. The number of carbonyl (C=O) groups excluding carboxylic acids is 1. The molecule has 0 aliphatic carbocycles. The minimum absolute atomic E-state index is 0.128. The number of ether oxygens (including phenoxy) is 2. The van der Waals surface area contributed by atoms with Crippen LogP contribution in [0.5, 0.6) is 5.75 Å². The first kappa shape index (κ1) is 42.7. The maximum Gasteiger partial charge on any atom is 0.307 e. The van der Waals surface area contributed by atoms with E-state index in [1.165, 1.54) is 17.1 Å². The second-order valence-electron chi connectivity index (χ2n) is 13.4. The third-order valence-electron chi connectivity index (χ3n) is 9.23. The Hall–Kier alpha value is -4.04. The van der Waals surface area contributed by atoms with Crippen molar-refractivity contribution in [2.45, 2.75) is 84.3 Å². The van der Waals surface area contributed by atoms with E-state index >= 15 is 0 Å². The molecule has 1 aliphatic rings. The Bertz CT molecular complexity index is 1790. The molecule has 54 heavy (non-hydrogen) atoms. The van der Waals surface area contributed by atoms with Crippen LogP contribution in [0.4, 0.5) is 5.69 Å². The van der Waals surface area contributed by atoms with Gasteiger partial charge >= 0.3 is 5.97 Å². The van der Waals surface area contributed by atoms with Crippen molar-refractivity contribution in [3.05, 3.63) is 130 Å². The van der Waals surface area contributed by atoms with Gasteiger partial charge in [0.05, 0.1) is 27.9 Å². The van der Waals surface area contributed by atoms with Gasteiger partial charge in [0.15, 0.2) is 6.73 Å². The molecule has 0 N–H and O–H groups in total. The predicted octanol–water partition coefficient (Wildman–Crippen LogP) is 11.1. The maximum absolute atomic E-state index is 12.8. The number of benzene rings is 2. The number of esters is 1. The highest BCUT2D eigenvalue weighted by Crippen LogP contribution is 2.33. The number of allylic oxidation sites excluding steroid dienone is 10. The molecule has 9 heteroatoms. The third kappa shape index (κ3) is 15.4. The molecule has 2 aromatic carbocycles. The van der Waals surface area contributed by atoms with Crippen molar-refractivity contribution in [3.8, 4) is 5.75 Å². The lowest BCUT2D eigenvalue weighted by molar-refractivity contribution is -0.147. The van der Waals surface area contributed by atoms with Gasteiger partial charge in [0, 0.05) is 44.7 Å². The van der Waals surface area contributed by atoms with E-state index in [9.17, 15) is 9.59 Å². The first-order valence-corrected chi connectivity index (χ1v) is 20.3. The molecule has 1 aromatic heterocycles. The van der Waals surface area contributed by atoms with Crippen molar-refractivity contribution in [3.63, 3.8) is 0 Å². The van der Waals surface area contributed by atoms with Gasteiger partial charge in [-0.2, -0.15) is 0 Å². The molecular weight excluding hydrogens is 717 g/mol. The highest BCUT2D eigenvalue weighted by atomic mass is 35.5. The number of nitrogens with zero attached hydrogens (tertiary/aromatic N) is 3. The number of unbranched alkanes of at least 4 members (excludes halogenated alkanes) is 3. The summed E-state index contributed by atoms with van der Waals surface area (Å²) in [6, 6.07) is 14.8. The average Bonchev–Trinajstić information content (AvgIpc) is 3.18. The van der Waals surface area contributed by atoms with Crippen LogP contribution in [-0.4, -0.2) is 54.8 Å². The van der Waals surface area contributed by atoms with E-state index in [-0.39, 0.29) is 18.3 Å². The highest BCUT2D eigenvalue weighted by molar-refractivity contribution is 6.43. The van der Waals surface area contributed by atoms with E-state index in [0.29, 0.717) is 40.8 Å². The van der Waals surface area contributed by atoms with Gasteiger partial charge in [-0.25, -0.2) is 0 Å². The molecule has 0 radical (unpaired) electrons. The van der Waals surface area contributed by atoms with Gasteiger partial charge < -0.3 is 14.4 Å². The molecule has 1 saturated heterocycles. The van der Waals surface area contributed by atoms with Crippen molar-refractivity contribution in [1.82, 2.24) is 9.47 Å². The molecule has 290 valence electrons. The molecule has 1 aliphatic heterocycles. The fourth-order valence-corrected chi connectivity index (χ4v) is 6.54. The summed E-state index contributed by atoms with van der Waals surface area (Å²) in [7, 11) is 0. The van der Waals surface area contributed by atoms with E-state index in [1.807, 2.05) is 36.4 Å². The normalized spacial score (nSPS) is 14.2. The van der Waals surface area contributed by atoms with Gasteiger partial charge in [-0.05, 0) is 100 Å². The minimum Gasteiger partial charge on any atom is -0.494 e. The number of hydrogen-bond donors (Lipinski definition) is 0. The van der Waals surface area contributed by atoms with Crippen LogP contribution in [-0.2, 0) is 16.3 Å². The number of piperazine rings is 1. The fraction of sp³-hybridized carbons (Fsp3) is 0.422. The van der Waals surface area contributed by atoms with Crippen LogP contribution >= 0.6 is 23.2 Å². The molecule has 2 heterocycles. The molecule has 1 fully saturated rings. The lowest BCUT2D eigenvalue weighted by atomic mass is 10.2. The van der Waals surface area contributed by atoms with Gasteiger partial charge in [-0.3, -0.25) is 19.1 Å². The number of halogens is 2. The second kappa shape index (κ2) is 25.1. The Kier molecular flexibility index (Phi) is 19.9. The molecule has 0 spiro atoms. The Morgan fingerprint density at radius 3 is 2.09 bits per heavy atom. The van der Waals surface area contributed by atoms with Gasteiger partial charge in [0.1, 0.15) is 5.75 Å². The van der Waals surface area contributed by atoms with Crippen molar-refractivity contribution >= 4 is 45.8 Å². The smallest absolute Gasteiger partial charge is 0.307 e. The monoisotopic (exact) mass is 773 g/mol. The molecule has 4 rings (SSSR count). The van der Waals surface area contributed by atoms with Gasteiger partial charge in [0.25, 0.3) is 5.56 Å². The van der Waals surface area contributed by atoms with E-state index in [1.54, 1.807) is 6.07 Å². The van der Waals surface area contributed by atoms with Crippen molar-refractivity contribution < 1.29 is 14.3 Å². The molecule has 0 atom stereocenters. The number of anilines is 1. The van der Waals surface area contributed by atoms with Crippen LogP contribution in [0.25, 0.3) is 10.9 Å². The molecule has 7 nitrogen and oxygen atoms in total. The van der Waals surface area contributed by atoms with Gasteiger partial charge in [0.2, 0.25) is 0 Å². The molecule has 3 aromatic rings. The lowest BCUT2D eigenvalue weighted by Crippen LogP contribution is -2.46. The number of pyridine rings is 1. The van der Waals surface area contributed by atoms with Crippen LogP contribution in [0.3, 0.4) is 0 Å². The van der Waals surface area contributed by atoms with Crippen LogP contribution < -0.4 is 15.2 Å². The molecule has 0 amide bonds. The Labute approximate surface area is 332 Å². The first-order chi connectivity index (χ1) is 26.5. The Morgan fingerprint density at radius 1 is 0.759 bits per heavy atom. The zero-order chi connectivity index (χ0) is 38.2. The second-order valence-corrected chi connectivity index (χ2v) is 14.2. The van der Waals surface area contributed by atoms with E-state index in [2.05, 4.69) is 77.5 Å². The number of hydrogen-bond acceptors (Lipinski definition) is 6. The molecular formula is C45H57Cl2N3O4. The largest absolute Gasteiger partial charge is 0.494 e. The molecule has 0 unspecified atom stereocenters. The zero-order valence-electron chi connectivity index (χ0n) is 31.9.